The Hall–Kier alpha value is -1.47. The molecule has 1 saturated heterocycles. The van der Waals surface area contributed by atoms with Crippen molar-refractivity contribution in [3.05, 3.63) is 35.6 Å². The SMILES string of the molecule is CC(NC(=O)C1CCCN1S(C)(=O)=O)c1ccc(F)cc1. The molecule has 1 aromatic carbocycles. The van der Waals surface area contributed by atoms with Crippen LogP contribution in [0.25, 0.3) is 0 Å². The van der Waals surface area contributed by atoms with E-state index >= 15 is 0 Å². The number of nitrogens with zero attached hydrogens (tertiary/aromatic N) is 1. The highest BCUT2D eigenvalue weighted by atomic mass is 32.2. The number of hydrogen-bond acceptors (Lipinski definition) is 3. The van der Waals surface area contributed by atoms with Crippen LogP contribution >= 0.6 is 0 Å². The van der Waals surface area contributed by atoms with Crippen molar-refractivity contribution < 1.29 is 17.6 Å². The molecule has 2 unspecified atom stereocenters. The maximum absolute atomic E-state index is 12.9. The van der Waals surface area contributed by atoms with E-state index in [4.69, 9.17) is 0 Å². The van der Waals surface area contributed by atoms with E-state index in [2.05, 4.69) is 5.32 Å². The number of amides is 1. The molecule has 5 nitrogen and oxygen atoms in total. The van der Waals surface area contributed by atoms with E-state index in [-0.39, 0.29) is 17.8 Å². The number of hydrogen-bond donors (Lipinski definition) is 1. The highest BCUT2D eigenvalue weighted by Crippen LogP contribution is 2.22. The lowest BCUT2D eigenvalue weighted by Gasteiger charge is -2.23. The van der Waals surface area contributed by atoms with Crippen LogP contribution in [0.2, 0.25) is 0 Å². The fourth-order valence-corrected chi connectivity index (χ4v) is 3.67. The smallest absolute Gasteiger partial charge is 0.238 e. The van der Waals surface area contributed by atoms with Gasteiger partial charge < -0.3 is 5.32 Å². The fourth-order valence-electron chi connectivity index (χ4n) is 2.54. The molecule has 1 aliphatic rings. The molecule has 1 aromatic rings. The van der Waals surface area contributed by atoms with E-state index in [9.17, 15) is 17.6 Å². The third-order valence-corrected chi connectivity index (χ3v) is 4.95. The molecular weight excluding hydrogens is 295 g/mol. The summed E-state index contributed by atoms with van der Waals surface area (Å²) < 4.78 is 37.4. The molecule has 0 bridgehead atoms. The highest BCUT2D eigenvalue weighted by molar-refractivity contribution is 7.88. The zero-order valence-electron chi connectivity index (χ0n) is 12.0. The molecule has 0 radical (unpaired) electrons. The molecule has 2 rings (SSSR count). The van der Waals surface area contributed by atoms with Crippen LogP contribution in [0.5, 0.6) is 0 Å². The van der Waals surface area contributed by atoms with Crippen molar-refractivity contribution in [1.29, 1.82) is 0 Å². The Labute approximate surface area is 124 Å². The van der Waals surface area contributed by atoms with Crippen molar-refractivity contribution >= 4 is 15.9 Å². The Kier molecular flexibility index (Phi) is 4.63. The number of carbonyl (C=O) groups excluding carboxylic acids is 1. The molecule has 0 aromatic heterocycles. The minimum Gasteiger partial charge on any atom is -0.348 e. The van der Waals surface area contributed by atoms with Crippen LogP contribution in [0.15, 0.2) is 24.3 Å². The summed E-state index contributed by atoms with van der Waals surface area (Å²) in [6.45, 7) is 2.16. The van der Waals surface area contributed by atoms with Crippen LogP contribution < -0.4 is 5.32 Å². The van der Waals surface area contributed by atoms with E-state index in [1.807, 2.05) is 0 Å². The molecule has 1 amide bonds. The lowest BCUT2D eigenvalue weighted by atomic mass is 10.1. The average Bonchev–Trinajstić information content (AvgIpc) is 2.88. The van der Waals surface area contributed by atoms with Gasteiger partial charge in [0.1, 0.15) is 11.9 Å². The molecule has 1 heterocycles. The van der Waals surface area contributed by atoms with Crippen molar-refractivity contribution in [2.75, 3.05) is 12.8 Å². The molecule has 1 aliphatic heterocycles. The Morgan fingerprint density at radius 3 is 2.57 bits per heavy atom. The maximum atomic E-state index is 12.9. The summed E-state index contributed by atoms with van der Waals surface area (Å²) in [5.74, 6) is -0.647. The first-order chi connectivity index (χ1) is 9.79. The molecule has 21 heavy (non-hydrogen) atoms. The van der Waals surface area contributed by atoms with Crippen LogP contribution in [-0.2, 0) is 14.8 Å². The first kappa shape index (κ1) is 15.9. The first-order valence-electron chi connectivity index (χ1n) is 6.81. The largest absolute Gasteiger partial charge is 0.348 e. The van der Waals surface area contributed by atoms with Gasteiger partial charge in [0.05, 0.1) is 12.3 Å². The topological polar surface area (TPSA) is 66.5 Å². The fraction of sp³-hybridized carbons (Fsp3) is 0.500. The molecule has 116 valence electrons. The number of sulfonamides is 1. The standard InChI is InChI=1S/C14H19FN2O3S/c1-10(11-5-7-12(15)8-6-11)16-14(18)13-4-3-9-17(13)21(2,19)20/h5-8,10,13H,3-4,9H2,1-2H3,(H,16,18). The van der Waals surface area contributed by atoms with E-state index < -0.39 is 16.1 Å². The van der Waals surface area contributed by atoms with Gasteiger partial charge in [-0.3, -0.25) is 4.79 Å². The van der Waals surface area contributed by atoms with Gasteiger partial charge in [0.25, 0.3) is 0 Å². The number of halogens is 1. The van der Waals surface area contributed by atoms with Crippen LogP contribution in [0, 0.1) is 5.82 Å². The van der Waals surface area contributed by atoms with E-state index in [1.54, 1.807) is 19.1 Å². The van der Waals surface area contributed by atoms with Gasteiger partial charge >= 0.3 is 0 Å². The molecule has 0 aliphatic carbocycles. The van der Waals surface area contributed by atoms with Gasteiger partial charge in [-0.25, -0.2) is 12.8 Å². The Morgan fingerprint density at radius 2 is 2.00 bits per heavy atom. The number of rotatable bonds is 4. The van der Waals surface area contributed by atoms with Crippen molar-refractivity contribution in [3.63, 3.8) is 0 Å². The first-order valence-corrected chi connectivity index (χ1v) is 8.66. The second kappa shape index (κ2) is 6.11. The van der Waals surface area contributed by atoms with Gasteiger partial charge in [-0.05, 0) is 37.5 Å². The molecule has 0 spiro atoms. The predicted octanol–water partition coefficient (Wildman–Crippen LogP) is 1.43. The van der Waals surface area contributed by atoms with E-state index in [0.29, 0.717) is 19.4 Å². The molecule has 1 N–H and O–H groups in total. The highest BCUT2D eigenvalue weighted by Gasteiger charge is 2.36. The van der Waals surface area contributed by atoms with Crippen LogP contribution in [0.4, 0.5) is 4.39 Å². The number of nitrogens with one attached hydrogen (secondary N) is 1. The summed E-state index contributed by atoms with van der Waals surface area (Å²) in [6.07, 6.45) is 2.31. The Balaban J connectivity index is 2.05. The Morgan fingerprint density at radius 1 is 1.38 bits per heavy atom. The second-order valence-corrected chi connectivity index (χ2v) is 7.25. The third-order valence-electron chi connectivity index (χ3n) is 3.66. The average molecular weight is 314 g/mol. The monoisotopic (exact) mass is 314 g/mol. The zero-order chi connectivity index (χ0) is 15.6. The van der Waals surface area contributed by atoms with Crippen LogP contribution in [0.3, 0.4) is 0 Å². The van der Waals surface area contributed by atoms with Crippen LogP contribution in [0.1, 0.15) is 31.4 Å². The molecule has 2 atom stereocenters. The molecule has 7 heteroatoms. The summed E-state index contributed by atoms with van der Waals surface area (Å²) in [7, 11) is -3.38. The van der Waals surface area contributed by atoms with Gasteiger partial charge in [-0.15, -0.1) is 0 Å². The second-order valence-electron chi connectivity index (χ2n) is 5.31. The third kappa shape index (κ3) is 3.79. The maximum Gasteiger partial charge on any atom is 0.238 e. The van der Waals surface area contributed by atoms with Gasteiger partial charge in [-0.2, -0.15) is 4.31 Å². The van der Waals surface area contributed by atoms with Crippen molar-refractivity contribution in [3.8, 4) is 0 Å². The van der Waals surface area contributed by atoms with Gasteiger partial charge in [0, 0.05) is 6.54 Å². The summed E-state index contributed by atoms with van der Waals surface area (Å²) in [6, 6.07) is 4.90. The van der Waals surface area contributed by atoms with Crippen molar-refractivity contribution in [2.24, 2.45) is 0 Å². The summed E-state index contributed by atoms with van der Waals surface area (Å²) in [4.78, 5) is 12.3. The van der Waals surface area contributed by atoms with Crippen LogP contribution in [-0.4, -0.2) is 37.5 Å². The molecular formula is C14H19FN2O3S. The number of carbonyl (C=O) groups is 1. The van der Waals surface area contributed by atoms with E-state index in [0.717, 1.165) is 11.8 Å². The summed E-state index contributed by atoms with van der Waals surface area (Å²) in [5.41, 5.74) is 0.772. The molecule has 1 fully saturated rings. The quantitative estimate of drug-likeness (QED) is 0.914. The minimum atomic E-state index is -3.38. The van der Waals surface area contributed by atoms with Gasteiger partial charge in [-0.1, -0.05) is 12.1 Å². The van der Waals surface area contributed by atoms with Crippen molar-refractivity contribution in [2.45, 2.75) is 31.8 Å². The normalized spacial score (nSPS) is 21.2. The van der Waals surface area contributed by atoms with Gasteiger partial charge in [0.15, 0.2) is 0 Å². The zero-order valence-corrected chi connectivity index (χ0v) is 12.9. The minimum absolute atomic E-state index is 0.305. The summed E-state index contributed by atoms with van der Waals surface area (Å²) in [5, 5.41) is 2.79. The van der Waals surface area contributed by atoms with E-state index in [1.165, 1.54) is 16.4 Å². The predicted molar refractivity (Wildman–Crippen MR) is 77.5 cm³/mol. The molecule has 0 saturated carbocycles. The summed E-state index contributed by atoms with van der Waals surface area (Å²) >= 11 is 0. The Bertz CT molecular complexity index is 616. The van der Waals surface area contributed by atoms with Gasteiger partial charge in [0.2, 0.25) is 15.9 Å². The lowest BCUT2D eigenvalue weighted by molar-refractivity contribution is -0.124. The lowest BCUT2D eigenvalue weighted by Crippen LogP contribution is -2.46. The number of benzene rings is 1. The van der Waals surface area contributed by atoms with Crippen molar-refractivity contribution in [1.82, 2.24) is 9.62 Å².